The van der Waals surface area contributed by atoms with Crippen LogP contribution in [0.4, 0.5) is 4.39 Å². The summed E-state index contributed by atoms with van der Waals surface area (Å²) in [5.74, 6) is 5.41. The van der Waals surface area contributed by atoms with Crippen molar-refractivity contribution in [1.29, 1.82) is 0 Å². The highest BCUT2D eigenvalue weighted by Gasteiger charge is 2.28. The summed E-state index contributed by atoms with van der Waals surface area (Å²) in [5.41, 5.74) is 1.62. The number of alkyl halides is 1. The molecule has 6 heteroatoms. The quantitative estimate of drug-likeness (QED) is 0.244. The molecule has 4 nitrogen and oxygen atoms in total. The Hall–Kier alpha value is -2.16. The SMILES string of the molecule is C=NN(C(=O)/C(Cl)=C(\C)C#Cc1ccc(COCCF)cc1)C(C)(C)C. The molecule has 0 saturated carbocycles. The molecule has 0 heterocycles. The molecule has 1 rings (SSSR count). The Balaban J connectivity index is 2.89. The average molecular weight is 379 g/mol. The van der Waals surface area contributed by atoms with Crippen molar-refractivity contribution in [2.24, 2.45) is 5.10 Å². The van der Waals surface area contributed by atoms with Gasteiger partial charge in [0, 0.05) is 17.9 Å². The smallest absolute Gasteiger partial charge is 0.286 e. The molecule has 0 aliphatic heterocycles. The number of carbonyl (C=O) groups is 1. The lowest BCUT2D eigenvalue weighted by molar-refractivity contribution is -0.131. The molecule has 26 heavy (non-hydrogen) atoms. The molecule has 1 aromatic rings. The molecule has 0 bridgehead atoms. The van der Waals surface area contributed by atoms with E-state index in [2.05, 4.69) is 23.7 Å². The van der Waals surface area contributed by atoms with Crippen molar-refractivity contribution in [2.75, 3.05) is 13.3 Å². The third-order valence-electron chi connectivity index (χ3n) is 3.32. The van der Waals surface area contributed by atoms with Gasteiger partial charge in [-0.05, 0) is 45.4 Å². The van der Waals surface area contributed by atoms with Crippen molar-refractivity contribution in [2.45, 2.75) is 39.8 Å². The van der Waals surface area contributed by atoms with Gasteiger partial charge in [0.2, 0.25) is 0 Å². The normalized spacial score (nSPS) is 11.9. The zero-order valence-electron chi connectivity index (χ0n) is 15.6. The van der Waals surface area contributed by atoms with E-state index in [0.717, 1.165) is 11.1 Å². The largest absolute Gasteiger partial charge is 0.374 e. The molecule has 0 N–H and O–H groups in total. The van der Waals surface area contributed by atoms with Crippen LogP contribution < -0.4 is 0 Å². The topological polar surface area (TPSA) is 41.9 Å². The highest BCUT2D eigenvalue weighted by Crippen LogP contribution is 2.20. The molecule has 0 aliphatic rings. The van der Waals surface area contributed by atoms with E-state index >= 15 is 0 Å². The fourth-order valence-corrected chi connectivity index (χ4v) is 2.11. The van der Waals surface area contributed by atoms with Crippen LogP contribution in [0.1, 0.15) is 38.8 Å². The highest BCUT2D eigenvalue weighted by molar-refractivity contribution is 6.42. The summed E-state index contributed by atoms with van der Waals surface area (Å²) in [4.78, 5) is 12.4. The second-order valence-corrected chi connectivity index (χ2v) is 6.93. The van der Waals surface area contributed by atoms with Gasteiger partial charge in [0.25, 0.3) is 5.91 Å². The van der Waals surface area contributed by atoms with Crippen molar-refractivity contribution < 1.29 is 13.9 Å². The van der Waals surface area contributed by atoms with Gasteiger partial charge < -0.3 is 4.74 Å². The Morgan fingerprint density at radius 3 is 2.46 bits per heavy atom. The average Bonchev–Trinajstić information content (AvgIpc) is 2.59. The number of ether oxygens (including phenoxy) is 1. The molecular weight excluding hydrogens is 355 g/mol. The van der Waals surface area contributed by atoms with E-state index < -0.39 is 18.1 Å². The molecule has 0 aromatic heterocycles. The van der Waals surface area contributed by atoms with Crippen LogP contribution in [-0.2, 0) is 16.1 Å². The van der Waals surface area contributed by atoms with Crippen LogP contribution in [0.25, 0.3) is 0 Å². The van der Waals surface area contributed by atoms with Gasteiger partial charge in [-0.25, -0.2) is 9.40 Å². The maximum Gasteiger partial charge on any atom is 0.286 e. The predicted octanol–water partition coefficient (Wildman–Crippen LogP) is 4.28. The van der Waals surface area contributed by atoms with Gasteiger partial charge in [0.05, 0.1) is 18.8 Å². The second kappa shape index (κ2) is 10.1. The molecular formula is C20H24ClFN2O2. The van der Waals surface area contributed by atoms with Gasteiger partial charge in [-0.15, -0.1) is 0 Å². The Labute approximate surface area is 159 Å². The lowest BCUT2D eigenvalue weighted by Crippen LogP contribution is -2.41. The van der Waals surface area contributed by atoms with Gasteiger partial charge in [-0.1, -0.05) is 35.6 Å². The first kappa shape index (κ1) is 21.9. The van der Waals surface area contributed by atoms with Crippen LogP contribution in [0.15, 0.2) is 40.0 Å². The van der Waals surface area contributed by atoms with E-state index in [0.29, 0.717) is 12.2 Å². The van der Waals surface area contributed by atoms with Gasteiger partial charge in [-0.2, -0.15) is 5.10 Å². The first-order valence-corrected chi connectivity index (χ1v) is 8.50. The Bertz CT molecular complexity index is 725. The molecule has 1 aromatic carbocycles. The number of hydrazone groups is 1. The zero-order chi connectivity index (χ0) is 19.7. The summed E-state index contributed by atoms with van der Waals surface area (Å²) >= 11 is 6.17. The van der Waals surface area contributed by atoms with E-state index in [-0.39, 0.29) is 11.6 Å². The molecule has 0 atom stereocenters. The second-order valence-electron chi connectivity index (χ2n) is 6.56. The molecule has 0 aliphatic carbocycles. The Kier molecular flexibility index (Phi) is 8.50. The van der Waals surface area contributed by atoms with Gasteiger partial charge in [-0.3, -0.25) is 4.79 Å². The first-order chi connectivity index (χ1) is 12.2. The van der Waals surface area contributed by atoms with Crippen LogP contribution in [0.5, 0.6) is 0 Å². The minimum absolute atomic E-state index is 0.0102. The Morgan fingerprint density at radius 2 is 1.96 bits per heavy atom. The number of hydrogen-bond donors (Lipinski definition) is 0. The van der Waals surface area contributed by atoms with Gasteiger partial charge >= 0.3 is 0 Å². The third-order valence-corrected chi connectivity index (χ3v) is 3.77. The highest BCUT2D eigenvalue weighted by atomic mass is 35.5. The van der Waals surface area contributed by atoms with Crippen LogP contribution in [0.3, 0.4) is 0 Å². The van der Waals surface area contributed by atoms with Gasteiger partial charge in [0.1, 0.15) is 11.7 Å². The van der Waals surface area contributed by atoms with E-state index in [4.69, 9.17) is 16.3 Å². The lowest BCUT2D eigenvalue weighted by atomic mass is 10.1. The van der Waals surface area contributed by atoms with Crippen molar-refractivity contribution >= 4 is 24.2 Å². The summed E-state index contributed by atoms with van der Waals surface area (Å²) in [6.45, 7) is 10.6. The van der Waals surface area contributed by atoms with E-state index in [1.807, 2.05) is 45.0 Å². The number of hydrogen-bond acceptors (Lipinski definition) is 3. The molecule has 0 fully saturated rings. The summed E-state index contributed by atoms with van der Waals surface area (Å²) in [6.07, 6.45) is 0. The predicted molar refractivity (Wildman–Crippen MR) is 104 cm³/mol. The molecule has 0 spiro atoms. The summed E-state index contributed by atoms with van der Waals surface area (Å²) in [5, 5.41) is 4.99. The first-order valence-electron chi connectivity index (χ1n) is 8.13. The van der Waals surface area contributed by atoms with Crippen molar-refractivity contribution in [3.05, 3.63) is 46.0 Å². The Morgan fingerprint density at radius 1 is 1.35 bits per heavy atom. The fraction of sp³-hybridized carbons (Fsp3) is 0.400. The number of rotatable bonds is 6. The number of benzene rings is 1. The van der Waals surface area contributed by atoms with E-state index in [9.17, 15) is 9.18 Å². The molecule has 0 unspecified atom stereocenters. The van der Waals surface area contributed by atoms with Crippen molar-refractivity contribution in [1.82, 2.24) is 5.01 Å². The fourth-order valence-electron chi connectivity index (χ4n) is 1.98. The maximum atomic E-state index is 12.4. The number of carbonyl (C=O) groups excluding carboxylic acids is 1. The molecule has 0 radical (unpaired) electrons. The maximum absolute atomic E-state index is 12.4. The number of nitrogens with zero attached hydrogens (tertiary/aromatic N) is 2. The van der Waals surface area contributed by atoms with Crippen LogP contribution in [0, 0.1) is 11.8 Å². The standard InChI is InChI=1S/C20H24ClFN2O2/c1-15(18(21)19(25)24(23-5)20(2,3)4)6-7-16-8-10-17(11-9-16)14-26-13-12-22/h8-11H,5,12-14H2,1-4H3/b18-15-. The molecule has 1 amide bonds. The van der Waals surface area contributed by atoms with Gasteiger partial charge in [0.15, 0.2) is 0 Å². The molecule has 140 valence electrons. The summed E-state index contributed by atoms with van der Waals surface area (Å²) in [7, 11) is 0. The summed E-state index contributed by atoms with van der Waals surface area (Å²) < 4.78 is 17.1. The number of allylic oxidation sites excluding steroid dienone is 1. The minimum Gasteiger partial charge on any atom is -0.374 e. The van der Waals surface area contributed by atoms with Crippen LogP contribution in [-0.4, -0.2) is 36.5 Å². The van der Waals surface area contributed by atoms with E-state index in [1.54, 1.807) is 6.92 Å². The monoisotopic (exact) mass is 378 g/mol. The zero-order valence-corrected chi connectivity index (χ0v) is 16.4. The van der Waals surface area contributed by atoms with Crippen LogP contribution in [0.2, 0.25) is 0 Å². The molecule has 0 saturated heterocycles. The third kappa shape index (κ3) is 6.62. The van der Waals surface area contributed by atoms with Crippen molar-refractivity contribution in [3.8, 4) is 11.8 Å². The van der Waals surface area contributed by atoms with E-state index in [1.165, 1.54) is 5.01 Å². The number of amides is 1. The number of halogens is 2. The van der Waals surface area contributed by atoms with Crippen LogP contribution >= 0.6 is 11.6 Å². The van der Waals surface area contributed by atoms with Crippen molar-refractivity contribution in [3.63, 3.8) is 0 Å². The minimum atomic E-state index is -0.535. The lowest BCUT2D eigenvalue weighted by Gasteiger charge is -2.30. The summed E-state index contributed by atoms with van der Waals surface area (Å²) in [6, 6.07) is 7.38.